The Morgan fingerprint density at radius 3 is 1.57 bits per heavy atom. The number of H-pyrrole nitrogens is 1. The molecule has 119 heavy (non-hydrogen) atoms. The van der Waals surface area contributed by atoms with Gasteiger partial charge < -0.3 is 32.3 Å². The molecule has 14 rings (SSSR count). The van der Waals surface area contributed by atoms with Gasteiger partial charge in [-0.1, -0.05) is 232 Å². The lowest BCUT2D eigenvalue weighted by Gasteiger charge is -2.23. The summed E-state index contributed by atoms with van der Waals surface area (Å²) >= 11 is 47.9. The van der Waals surface area contributed by atoms with Gasteiger partial charge in [-0.2, -0.15) is 15.4 Å². The highest BCUT2D eigenvalue weighted by molar-refractivity contribution is 6.36. The number of rotatable bonds is 20. The molecule has 20 nitrogen and oxygen atoms in total. The number of nitrogens with two attached hydrogens (primary N) is 1. The zero-order valence-electron chi connectivity index (χ0n) is 61.5. The van der Waals surface area contributed by atoms with Crippen molar-refractivity contribution < 1.29 is 32.3 Å². The number of carbonyl (C=O) groups is 4. The normalized spacial score (nSPS) is 11.8. The van der Waals surface area contributed by atoms with Crippen molar-refractivity contribution in [2.75, 3.05) is 10.6 Å². The molecule has 0 spiro atoms. The zero-order valence-corrected chi connectivity index (χ0v) is 67.6. The lowest BCUT2D eigenvalue weighted by Crippen LogP contribution is -2.37. The Kier molecular flexibility index (Phi) is 29.7. The summed E-state index contributed by atoms with van der Waals surface area (Å²) in [5, 5.41) is 33.7. The number of amides is 4. The molecule has 8 N–H and O–H groups in total. The number of amidine groups is 1. The topological polar surface area (TPSA) is 296 Å². The minimum absolute atomic E-state index is 0.0185. The van der Waals surface area contributed by atoms with E-state index >= 15 is 0 Å². The molecule has 0 aliphatic carbocycles. The van der Waals surface area contributed by atoms with Crippen molar-refractivity contribution >= 4 is 145 Å². The van der Waals surface area contributed by atoms with Crippen LogP contribution in [-0.4, -0.2) is 54.6 Å². The molecule has 14 aromatic rings. The van der Waals surface area contributed by atoms with Crippen LogP contribution in [0, 0.1) is 42.3 Å². The van der Waals surface area contributed by atoms with Crippen LogP contribution >= 0.6 is 92.8 Å². The van der Waals surface area contributed by atoms with Gasteiger partial charge in [-0.05, 0) is 151 Å². The number of carbonyl (C=O) groups excluding carboxylic acids is 4. The quantitative estimate of drug-likeness (QED) is 0.0162. The van der Waals surface area contributed by atoms with E-state index in [-0.39, 0.29) is 55.4 Å². The van der Waals surface area contributed by atoms with E-state index in [4.69, 9.17) is 110 Å². The van der Waals surface area contributed by atoms with Crippen LogP contribution < -0.4 is 43.2 Å². The van der Waals surface area contributed by atoms with Gasteiger partial charge in [0.1, 0.15) is 41.2 Å². The molecule has 0 aliphatic heterocycles. The predicted molar refractivity (Wildman–Crippen MR) is 459 cm³/mol. The minimum atomic E-state index is -1.44. The van der Waals surface area contributed by atoms with Crippen LogP contribution in [0.4, 0.5) is 35.9 Å². The number of benzene rings is 10. The second-order valence-corrected chi connectivity index (χ2v) is 29.2. The van der Waals surface area contributed by atoms with E-state index in [0.29, 0.717) is 81.2 Å². The van der Waals surface area contributed by atoms with E-state index in [1.807, 2.05) is 73.7 Å². The largest absolute Gasteiger partial charge is 0.383 e. The number of aryl methyl sites for hydroxylation is 1. The van der Waals surface area contributed by atoms with E-state index in [9.17, 15) is 41.9 Å². The van der Waals surface area contributed by atoms with Gasteiger partial charge in [-0.25, -0.2) is 23.0 Å². The van der Waals surface area contributed by atoms with Crippen molar-refractivity contribution in [2.24, 2.45) is 10.7 Å². The third kappa shape index (κ3) is 23.4. The summed E-state index contributed by atoms with van der Waals surface area (Å²) in [4.78, 5) is 96.2. The van der Waals surface area contributed by atoms with Crippen LogP contribution in [0.1, 0.15) is 111 Å². The molecule has 3 aromatic heterocycles. The number of aromatic amines is 1. The molecule has 4 atom stereocenters. The molecule has 0 bridgehead atoms. The van der Waals surface area contributed by atoms with Gasteiger partial charge in [-0.3, -0.25) is 43.8 Å². The number of pyridine rings is 2. The van der Waals surface area contributed by atoms with E-state index in [1.54, 1.807) is 146 Å². The van der Waals surface area contributed by atoms with Gasteiger partial charge in [0.2, 0.25) is 0 Å². The van der Waals surface area contributed by atoms with Gasteiger partial charge >= 0.3 is 0 Å². The maximum absolute atomic E-state index is 13.9. The van der Waals surface area contributed by atoms with Crippen molar-refractivity contribution in [1.29, 1.82) is 5.26 Å². The summed E-state index contributed by atoms with van der Waals surface area (Å²) in [5.74, 6) is -4.62. The Labute approximate surface area is 717 Å². The number of aromatic nitrogens is 5. The molecule has 0 aliphatic rings. The Hall–Kier alpha value is -13.0. The third-order valence-corrected chi connectivity index (χ3v) is 19.2. The molecule has 3 heterocycles. The van der Waals surface area contributed by atoms with Gasteiger partial charge in [0.15, 0.2) is 29.0 Å². The SMILES string of the molecule is Cc1ccc([C@H](Nc2c(Nc3cccc(Cl)c3)c(=O)c2=O)c2ccc(Cl)cn2)cc1.NC(=NC(=O)C(NC(=O)c1cc(Cl)cc(Cl)c1)c1ccc(F)c(F)c1)c1ccccc1.O=C(NC(c1ccc(Cl)cc1)c1nc(-c2ccccc2)n[nH]1)c1cc(Cl)cc(Cl)c1.[C-]#[N+]c1ccc([C@H](NC(=O)c2ccc(C#N)c(F)c2)c2ccc(Cl)cn2)cc1. The first-order valence-electron chi connectivity index (χ1n) is 35.2. The summed E-state index contributed by atoms with van der Waals surface area (Å²) in [7, 11) is 0. The number of halogens is 11. The number of aliphatic imine (C=N–C) groups is 1. The number of nitriles is 1. The third-order valence-electron chi connectivity index (χ3n) is 17.4. The molecule has 31 heteroatoms. The van der Waals surface area contributed by atoms with Crippen molar-refractivity contribution in [3.63, 3.8) is 0 Å². The number of hydrogen-bond donors (Lipinski definition) is 7. The lowest BCUT2D eigenvalue weighted by atomic mass is 10.0. The molecule has 2 unspecified atom stereocenters. The monoisotopic (exact) mass is 1740 g/mol. The number of nitrogens with one attached hydrogen (secondary N) is 6. The van der Waals surface area contributed by atoms with Gasteiger partial charge in [-0.15, -0.1) is 0 Å². The van der Waals surface area contributed by atoms with Crippen molar-refractivity contribution in [2.45, 2.75) is 31.1 Å². The fourth-order valence-corrected chi connectivity index (χ4v) is 13.0. The number of hydrogen-bond acceptors (Lipinski definition) is 13. The van der Waals surface area contributed by atoms with Crippen LogP contribution in [0.15, 0.2) is 282 Å². The van der Waals surface area contributed by atoms with Crippen molar-refractivity contribution in [3.8, 4) is 17.5 Å². The molecule has 0 saturated heterocycles. The van der Waals surface area contributed by atoms with Crippen LogP contribution in [0.2, 0.25) is 40.2 Å². The van der Waals surface area contributed by atoms with E-state index in [1.165, 1.54) is 42.6 Å². The highest BCUT2D eigenvalue weighted by Gasteiger charge is 2.29. The Balaban J connectivity index is 0.000000155. The van der Waals surface area contributed by atoms with E-state index in [0.717, 1.165) is 40.5 Å². The lowest BCUT2D eigenvalue weighted by molar-refractivity contribution is -0.119. The standard InChI is InChI=1S/C23H17Cl2N3O2.C22H15Cl3N4O.C22H15Cl2F2N3O2.C21H12ClFN4O/c1-13-5-7-14(8-6-13)19(18-10-9-16(25)12-26-18)28-21-20(22(29)23(21)30)27-17-4-2-3-15(24)11-17;23-16-8-6-13(7-9-16)19(26-22(30)15-10-17(24)12-18(25)11-15)21-27-20(28-29-21)14-4-2-1-3-5-14;23-15-8-14(9-16(24)11-15)21(30)28-19(13-6-7-17(25)18(26)10-13)22(31)29-20(27)12-4-2-1-3-5-12;1-25-17-7-4-13(5-8-17)20(19-9-6-16(22)12-26-19)27-21(28)14-2-3-15(11-24)18(23)10-14/h2-12,19,27-28H,1H3;1-12,19H,(H,26,30)(H,27,28,29);1-11,19H,(H,28,30)(H2,27,29,31);2-10,12,20H,(H,27,28)/t19-;;;20-/m0..0/s1. The summed E-state index contributed by atoms with van der Waals surface area (Å²) in [6, 6.07) is 67.4. The molecule has 11 aromatic carbocycles. The fourth-order valence-electron chi connectivity index (χ4n) is 11.5. The highest BCUT2D eigenvalue weighted by Crippen LogP contribution is 2.33. The van der Waals surface area contributed by atoms with Crippen LogP contribution in [0.5, 0.6) is 0 Å². The second-order valence-electron chi connectivity index (χ2n) is 25.7. The Morgan fingerprint density at radius 1 is 0.487 bits per heavy atom. The predicted octanol–water partition coefficient (Wildman–Crippen LogP) is 20.7. The maximum atomic E-state index is 13.9. The van der Waals surface area contributed by atoms with Crippen molar-refractivity contribution in [1.82, 2.24) is 41.1 Å². The van der Waals surface area contributed by atoms with Crippen LogP contribution in [0.3, 0.4) is 0 Å². The molecule has 0 saturated carbocycles. The number of anilines is 3. The molecule has 594 valence electrons. The second kappa shape index (κ2) is 40.7. The summed E-state index contributed by atoms with van der Waals surface area (Å²) in [5.41, 5.74) is 12.6. The number of nitrogens with zero attached hydrogens (tertiary/aromatic N) is 7. The molecule has 0 fully saturated rings. The Morgan fingerprint density at radius 2 is 1.01 bits per heavy atom. The zero-order chi connectivity index (χ0) is 85.0. The van der Waals surface area contributed by atoms with Crippen LogP contribution in [-0.2, 0) is 4.79 Å². The molecular weight excluding hydrogens is 1690 g/mol. The van der Waals surface area contributed by atoms with Gasteiger partial charge in [0.25, 0.3) is 34.5 Å². The minimum Gasteiger partial charge on any atom is -0.383 e. The van der Waals surface area contributed by atoms with E-state index in [2.05, 4.69) is 61.6 Å². The average molecular weight is 1750 g/mol. The van der Waals surface area contributed by atoms with Gasteiger partial charge in [0, 0.05) is 76.0 Å². The molecule has 0 radical (unpaired) electrons. The smallest absolute Gasteiger partial charge is 0.274 e. The Bertz CT molecular complexity index is 6140. The van der Waals surface area contributed by atoms with Crippen LogP contribution in [0.25, 0.3) is 16.2 Å². The van der Waals surface area contributed by atoms with Gasteiger partial charge in [0.05, 0.1) is 45.7 Å². The van der Waals surface area contributed by atoms with E-state index < -0.39 is 70.2 Å². The first kappa shape index (κ1) is 86.8. The highest BCUT2D eigenvalue weighted by atomic mass is 35.5. The summed E-state index contributed by atoms with van der Waals surface area (Å²) < 4.78 is 41.1. The first-order valence-corrected chi connectivity index (χ1v) is 38.3. The van der Waals surface area contributed by atoms with Crippen molar-refractivity contribution in [3.05, 3.63) is 430 Å². The maximum Gasteiger partial charge on any atom is 0.274 e. The first-order chi connectivity index (χ1) is 57.2. The summed E-state index contributed by atoms with van der Waals surface area (Å²) in [6.45, 7) is 9.05. The average Bonchev–Trinajstić information content (AvgIpc) is 1.18. The molecule has 4 amide bonds. The summed E-state index contributed by atoms with van der Waals surface area (Å²) in [6.07, 6.45) is 3.01. The molecular formula is C88H59Cl8F3N14O6. The fraction of sp³-hybridized carbons (Fsp3) is 0.0568.